The van der Waals surface area contributed by atoms with Gasteiger partial charge < -0.3 is 15.2 Å². The highest BCUT2D eigenvalue weighted by molar-refractivity contribution is 6.45. The van der Waals surface area contributed by atoms with Gasteiger partial charge in [-0.3, -0.25) is 14.4 Å². The molecule has 1 unspecified atom stereocenters. The fraction of sp³-hybridized carbons (Fsp3) is 0.538. The lowest BCUT2D eigenvalue weighted by Crippen LogP contribution is -2.56. The monoisotopic (exact) mass is 491 g/mol. The predicted molar refractivity (Wildman–Crippen MR) is 133 cm³/mol. The van der Waals surface area contributed by atoms with E-state index in [4.69, 9.17) is 0 Å². The van der Waals surface area contributed by atoms with Crippen LogP contribution in [0.1, 0.15) is 80.4 Å². The van der Waals surface area contributed by atoms with Crippen LogP contribution >= 0.6 is 0 Å². The van der Waals surface area contributed by atoms with Gasteiger partial charge in [0.1, 0.15) is 6.04 Å². The Labute approximate surface area is 209 Å². The van der Waals surface area contributed by atoms with Crippen LogP contribution < -0.4 is 5.32 Å². The number of aromatic amines is 2. The number of benzene rings is 1. The number of nitrogens with one attached hydrogen (secondary N) is 3. The SMILES string of the molecule is O=C(C(=O)N(Cc1nn[nH]n1)C(C(=O)NC1CCCCC1)C1CCCCC1)c1c[nH]c2ccccc12. The summed E-state index contributed by atoms with van der Waals surface area (Å²) in [4.78, 5) is 45.8. The van der Waals surface area contributed by atoms with Crippen LogP contribution in [-0.4, -0.2) is 60.2 Å². The lowest BCUT2D eigenvalue weighted by atomic mass is 9.82. The average Bonchev–Trinajstić information content (AvgIpc) is 3.59. The van der Waals surface area contributed by atoms with Crippen molar-refractivity contribution in [1.82, 2.24) is 35.8 Å². The van der Waals surface area contributed by atoms with Crippen molar-refractivity contribution in [1.29, 1.82) is 0 Å². The molecule has 3 aromatic rings. The molecule has 10 heteroatoms. The van der Waals surface area contributed by atoms with E-state index in [1.54, 1.807) is 6.20 Å². The fourth-order valence-corrected chi connectivity index (χ4v) is 5.80. The van der Waals surface area contributed by atoms with Gasteiger partial charge in [0.25, 0.3) is 11.7 Å². The first-order valence-corrected chi connectivity index (χ1v) is 13.1. The molecule has 0 saturated heterocycles. The summed E-state index contributed by atoms with van der Waals surface area (Å²) in [5.74, 6) is -1.33. The van der Waals surface area contributed by atoms with Gasteiger partial charge in [0.15, 0.2) is 5.82 Å². The van der Waals surface area contributed by atoms with E-state index in [1.165, 1.54) is 11.3 Å². The molecule has 36 heavy (non-hydrogen) atoms. The van der Waals surface area contributed by atoms with Crippen molar-refractivity contribution in [3.63, 3.8) is 0 Å². The van der Waals surface area contributed by atoms with Crippen molar-refractivity contribution in [3.8, 4) is 0 Å². The van der Waals surface area contributed by atoms with Crippen molar-refractivity contribution in [2.24, 2.45) is 5.92 Å². The summed E-state index contributed by atoms with van der Waals surface area (Å²) in [7, 11) is 0. The second kappa shape index (κ2) is 11.0. The third-order valence-electron chi connectivity index (χ3n) is 7.64. The fourth-order valence-electron chi connectivity index (χ4n) is 5.80. The highest BCUT2D eigenvalue weighted by Crippen LogP contribution is 2.31. The minimum Gasteiger partial charge on any atom is -0.360 e. The summed E-state index contributed by atoms with van der Waals surface area (Å²) in [5.41, 5.74) is 1.07. The third-order valence-corrected chi connectivity index (χ3v) is 7.64. The van der Waals surface area contributed by atoms with Crippen LogP contribution in [0.15, 0.2) is 30.5 Å². The highest BCUT2D eigenvalue weighted by atomic mass is 16.2. The number of carbonyl (C=O) groups excluding carboxylic acids is 3. The number of ketones is 1. The van der Waals surface area contributed by atoms with E-state index >= 15 is 0 Å². The minimum absolute atomic E-state index is 0.0334. The molecule has 2 heterocycles. The predicted octanol–water partition coefficient (Wildman–Crippen LogP) is 3.29. The van der Waals surface area contributed by atoms with Crippen LogP contribution in [-0.2, 0) is 16.1 Å². The molecule has 1 aromatic carbocycles. The molecule has 0 aliphatic heterocycles. The van der Waals surface area contributed by atoms with E-state index in [1.807, 2.05) is 24.3 Å². The smallest absolute Gasteiger partial charge is 0.296 e. The van der Waals surface area contributed by atoms with E-state index in [2.05, 4.69) is 30.9 Å². The van der Waals surface area contributed by atoms with Crippen LogP contribution in [0, 0.1) is 5.92 Å². The first-order valence-electron chi connectivity index (χ1n) is 13.1. The Bertz CT molecular complexity index is 1190. The first-order chi connectivity index (χ1) is 17.6. The summed E-state index contributed by atoms with van der Waals surface area (Å²) in [5, 5.41) is 18.0. The quantitative estimate of drug-likeness (QED) is 0.327. The van der Waals surface area contributed by atoms with Gasteiger partial charge in [0.05, 0.1) is 12.1 Å². The molecule has 190 valence electrons. The molecular formula is C26H33N7O3. The van der Waals surface area contributed by atoms with Crippen molar-refractivity contribution in [2.75, 3.05) is 0 Å². The maximum absolute atomic E-state index is 13.9. The number of Topliss-reactive ketones (excluding diaryl/α,β-unsaturated/α-hetero) is 1. The molecule has 0 radical (unpaired) electrons. The Morgan fingerprint density at radius 2 is 1.72 bits per heavy atom. The third kappa shape index (κ3) is 5.17. The average molecular weight is 492 g/mol. The van der Waals surface area contributed by atoms with Crippen LogP contribution in [0.2, 0.25) is 0 Å². The number of para-hydroxylation sites is 1. The molecule has 0 spiro atoms. The van der Waals surface area contributed by atoms with Gasteiger partial charge in [-0.05, 0) is 37.7 Å². The second-order valence-corrected chi connectivity index (χ2v) is 10.0. The molecule has 2 aliphatic rings. The van der Waals surface area contributed by atoms with Gasteiger partial charge >= 0.3 is 0 Å². The molecule has 2 amide bonds. The Balaban J connectivity index is 1.48. The first kappa shape index (κ1) is 24.1. The summed E-state index contributed by atoms with van der Waals surface area (Å²) in [6.45, 7) is -0.0668. The lowest BCUT2D eigenvalue weighted by molar-refractivity contribution is -0.141. The molecule has 3 N–H and O–H groups in total. The number of hydrogen-bond donors (Lipinski definition) is 3. The maximum Gasteiger partial charge on any atom is 0.296 e. The van der Waals surface area contributed by atoms with Gasteiger partial charge in [-0.2, -0.15) is 5.21 Å². The Kier molecular flexibility index (Phi) is 7.39. The van der Waals surface area contributed by atoms with Crippen molar-refractivity contribution < 1.29 is 14.4 Å². The number of amides is 2. The van der Waals surface area contributed by atoms with Crippen LogP contribution in [0.3, 0.4) is 0 Å². The number of rotatable bonds is 8. The Morgan fingerprint density at radius 1 is 1.00 bits per heavy atom. The van der Waals surface area contributed by atoms with Gasteiger partial charge in [-0.25, -0.2) is 0 Å². The number of tetrazole rings is 1. The van der Waals surface area contributed by atoms with E-state index in [0.29, 0.717) is 10.9 Å². The van der Waals surface area contributed by atoms with Gasteiger partial charge in [-0.15, -0.1) is 10.2 Å². The molecule has 2 saturated carbocycles. The summed E-state index contributed by atoms with van der Waals surface area (Å²) in [6.07, 6.45) is 11.6. The zero-order chi connectivity index (χ0) is 24.9. The maximum atomic E-state index is 13.9. The zero-order valence-electron chi connectivity index (χ0n) is 20.4. The normalized spacial score (nSPS) is 18.1. The molecule has 1 atom stereocenters. The number of hydrogen-bond acceptors (Lipinski definition) is 6. The molecule has 5 rings (SSSR count). The Morgan fingerprint density at radius 3 is 2.44 bits per heavy atom. The number of nitrogens with zero attached hydrogens (tertiary/aromatic N) is 4. The Hall–Kier alpha value is -3.56. The van der Waals surface area contributed by atoms with Crippen molar-refractivity contribution in [3.05, 3.63) is 41.9 Å². The minimum atomic E-state index is -0.771. The summed E-state index contributed by atoms with van der Waals surface area (Å²) < 4.78 is 0. The topological polar surface area (TPSA) is 137 Å². The van der Waals surface area contributed by atoms with E-state index in [-0.39, 0.29) is 30.2 Å². The van der Waals surface area contributed by atoms with Crippen LogP contribution in [0.4, 0.5) is 0 Å². The molecule has 2 aromatic heterocycles. The summed E-state index contributed by atoms with van der Waals surface area (Å²) >= 11 is 0. The number of H-pyrrole nitrogens is 2. The van der Waals surface area contributed by atoms with Gasteiger partial charge in [-0.1, -0.05) is 61.9 Å². The van der Waals surface area contributed by atoms with Crippen LogP contribution in [0.5, 0.6) is 0 Å². The molecular weight excluding hydrogens is 458 g/mol. The van der Waals surface area contributed by atoms with Gasteiger partial charge in [0.2, 0.25) is 5.91 Å². The van der Waals surface area contributed by atoms with Gasteiger partial charge in [0, 0.05) is 23.1 Å². The van der Waals surface area contributed by atoms with Crippen molar-refractivity contribution in [2.45, 2.75) is 82.8 Å². The number of fused-ring (bicyclic) bond motifs is 1. The largest absolute Gasteiger partial charge is 0.360 e. The van der Waals surface area contributed by atoms with E-state index in [0.717, 1.165) is 63.3 Å². The van der Waals surface area contributed by atoms with Crippen molar-refractivity contribution >= 4 is 28.5 Å². The summed E-state index contributed by atoms with van der Waals surface area (Å²) in [6, 6.07) is 6.69. The zero-order valence-corrected chi connectivity index (χ0v) is 20.4. The lowest BCUT2D eigenvalue weighted by Gasteiger charge is -2.38. The molecule has 0 bridgehead atoms. The number of aromatic nitrogens is 5. The standard InChI is InChI=1S/C26H33N7O3/c34-24(20-15-27-21-14-8-7-13-19(20)21)26(36)33(16-22-29-31-32-30-22)23(17-9-3-1-4-10-17)25(35)28-18-11-5-2-6-12-18/h7-8,13-15,17-18,23,27H,1-6,9-12,16H2,(H,28,35)(H,29,30,31,32). The second-order valence-electron chi connectivity index (χ2n) is 10.0. The molecule has 2 fully saturated rings. The molecule has 10 nitrogen and oxygen atoms in total. The van der Waals surface area contributed by atoms with Crippen LogP contribution in [0.25, 0.3) is 10.9 Å². The van der Waals surface area contributed by atoms with E-state index < -0.39 is 17.7 Å². The van der Waals surface area contributed by atoms with E-state index in [9.17, 15) is 14.4 Å². The molecule has 2 aliphatic carbocycles. The highest BCUT2D eigenvalue weighted by Gasteiger charge is 2.41. The number of carbonyl (C=O) groups is 3.